The maximum Gasteiger partial charge on any atom is 0.251 e. The van der Waals surface area contributed by atoms with Gasteiger partial charge in [0.05, 0.1) is 6.04 Å². The molecule has 0 saturated carbocycles. The van der Waals surface area contributed by atoms with Crippen LogP contribution in [0.2, 0.25) is 0 Å². The van der Waals surface area contributed by atoms with Crippen LogP contribution in [0.5, 0.6) is 0 Å². The van der Waals surface area contributed by atoms with Crippen molar-refractivity contribution in [3.05, 3.63) is 71.0 Å². The first-order chi connectivity index (χ1) is 13.9. The Morgan fingerprint density at radius 2 is 1.87 bits per heavy atom. The summed E-state index contributed by atoms with van der Waals surface area (Å²) in [4.78, 5) is 18.1. The fourth-order valence-electron chi connectivity index (χ4n) is 3.06. The van der Waals surface area contributed by atoms with Gasteiger partial charge in [0.2, 0.25) is 0 Å². The normalized spacial score (nSPS) is 12.1. The Hall–Kier alpha value is -2.20. The van der Waals surface area contributed by atoms with Gasteiger partial charge < -0.3 is 20.9 Å². The molecule has 1 atom stereocenters. The number of hydrogen-bond acceptors (Lipinski definition) is 3. The van der Waals surface area contributed by atoms with Gasteiger partial charge in [0.25, 0.3) is 5.91 Å². The van der Waals surface area contributed by atoms with Gasteiger partial charge >= 0.3 is 0 Å². The minimum Gasteiger partial charge on any atom is -0.356 e. The van der Waals surface area contributed by atoms with Gasteiger partial charge in [0, 0.05) is 32.7 Å². The lowest BCUT2D eigenvalue weighted by molar-refractivity contribution is 0.0963. The van der Waals surface area contributed by atoms with Gasteiger partial charge in [0.1, 0.15) is 5.82 Å². The van der Waals surface area contributed by atoms with E-state index in [4.69, 9.17) is 0 Å². The van der Waals surface area contributed by atoms with E-state index in [0.717, 1.165) is 17.5 Å². The van der Waals surface area contributed by atoms with E-state index in [1.165, 1.54) is 6.07 Å². The van der Waals surface area contributed by atoms with Crippen LogP contribution in [-0.2, 0) is 6.42 Å². The molecule has 8 heteroatoms. The Labute approximate surface area is 195 Å². The van der Waals surface area contributed by atoms with E-state index in [0.29, 0.717) is 24.6 Å². The lowest BCUT2D eigenvalue weighted by atomic mass is 10.1. The monoisotopic (exact) mass is 527 g/mol. The Morgan fingerprint density at radius 1 is 1.13 bits per heavy atom. The number of hydrogen-bond donors (Lipinski definition) is 3. The highest BCUT2D eigenvalue weighted by Gasteiger charge is 2.15. The minimum absolute atomic E-state index is 0. The van der Waals surface area contributed by atoms with Crippen molar-refractivity contribution in [1.29, 1.82) is 0 Å². The van der Waals surface area contributed by atoms with Gasteiger partial charge in [-0.05, 0) is 55.9 Å². The molecule has 0 radical (unpaired) electrons. The number of amides is 1. The second kappa shape index (κ2) is 13.2. The van der Waals surface area contributed by atoms with Gasteiger partial charge in [-0.1, -0.05) is 24.3 Å². The number of halogens is 2. The molecule has 30 heavy (non-hydrogen) atoms. The molecule has 3 N–H and O–H groups in total. The molecule has 0 aliphatic heterocycles. The van der Waals surface area contributed by atoms with Gasteiger partial charge in [-0.3, -0.25) is 9.79 Å². The van der Waals surface area contributed by atoms with Crippen LogP contribution in [0.4, 0.5) is 4.39 Å². The summed E-state index contributed by atoms with van der Waals surface area (Å²) in [6, 6.07) is 14.2. The summed E-state index contributed by atoms with van der Waals surface area (Å²) in [6.07, 6.45) is 0.756. The lowest BCUT2D eigenvalue weighted by Gasteiger charge is -2.26. The van der Waals surface area contributed by atoms with E-state index in [1.54, 1.807) is 32.3 Å². The van der Waals surface area contributed by atoms with E-state index in [1.807, 2.05) is 43.3 Å². The number of carbonyl (C=O) groups excluding carboxylic acids is 1. The molecule has 164 valence electrons. The molecule has 0 aromatic heterocycles. The van der Waals surface area contributed by atoms with Crippen molar-refractivity contribution in [3.63, 3.8) is 0 Å². The lowest BCUT2D eigenvalue weighted by Crippen LogP contribution is -2.42. The fraction of sp³-hybridized carbons (Fsp3) is 0.364. The molecular formula is C22H31FIN5O. The van der Waals surface area contributed by atoms with Crippen LogP contribution in [0.3, 0.4) is 0 Å². The summed E-state index contributed by atoms with van der Waals surface area (Å²) >= 11 is 0. The Kier molecular flexibility index (Phi) is 11.3. The van der Waals surface area contributed by atoms with Crippen molar-refractivity contribution >= 4 is 35.8 Å². The average Bonchev–Trinajstić information content (AvgIpc) is 2.72. The molecule has 0 aliphatic carbocycles. The smallest absolute Gasteiger partial charge is 0.251 e. The number of guanidine groups is 1. The van der Waals surface area contributed by atoms with E-state index < -0.39 is 0 Å². The van der Waals surface area contributed by atoms with Crippen molar-refractivity contribution in [2.45, 2.75) is 12.5 Å². The second-order valence-electron chi connectivity index (χ2n) is 6.94. The molecule has 0 saturated heterocycles. The largest absolute Gasteiger partial charge is 0.356 e. The maximum absolute atomic E-state index is 13.6. The number of aliphatic imine (C=N–C) groups is 1. The van der Waals surface area contributed by atoms with Crippen LogP contribution in [0.15, 0.2) is 53.5 Å². The second-order valence-corrected chi connectivity index (χ2v) is 6.94. The van der Waals surface area contributed by atoms with Gasteiger partial charge in [-0.2, -0.15) is 0 Å². The Balaban J connectivity index is 0.00000450. The Morgan fingerprint density at radius 3 is 2.50 bits per heavy atom. The third kappa shape index (κ3) is 7.91. The summed E-state index contributed by atoms with van der Waals surface area (Å²) in [5, 5.41) is 9.22. The average molecular weight is 527 g/mol. The number of nitrogens with one attached hydrogen (secondary N) is 3. The van der Waals surface area contributed by atoms with Crippen molar-refractivity contribution in [2.24, 2.45) is 4.99 Å². The van der Waals surface area contributed by atoms with E-state index in [9.17, 15) is 9.18 Å². The first-order valence-electron chi connectivity index (χ1n) is 9.62. The molecule has 0 spiro atoms. The highest BCUT2D eigenvalue weighted by molar-refractivity contribution is 14.0. The van der Waals surface area contributed by atoms with E-state index in [2.05, 4.69) is 20.9 Å². The van der Waals surface area contributed by atoms with Crippen molar-refractivity contribution in [2.75, 3.05) is 41.3 Å². The summed E-state index contributed by atoms with van der Waals surface area (Å²) in [7, 11) is 7.27. The van der Waals surface area contributed by atoms with Crippen molar-refractivity contribution in [3.8, 4) is 0 Å². The first-order valence-corrected chi connectivity index (χ1v) is 9.62. The topological polar surface area (TPSA) is 68.8 Å². The molecule has 0 bridgehead atoms. The molecule has 1 unspecified atom stereocenters. The van der Waals surface area contributed by atoms with Crippen molar-refractivity contribution in [1.82, 2.24) is 20.9 Å². The molecule has 6 nitrogen and oxygen atoms in total. The third-order valence-corrected chi connectivity index (χ3v) is 4.67. The fourth-order valence-corrected chi connectivity index (χ4v) is 3.06. The van der Waals surface area contributed by atoms with E-state index in [-0.39, 0.29) is 41.7 Å². The summed E-state index contributed by atoms with van der Waals surface area (Å²) < 4.78 is 13.6. The number of rotatable bonds is 8. The highest BCUT2D eigenvalue weighted by Crippen LogP contribution is 2.18. The SMILES string of the molecule is CN=C(NCCc1cccc(C(=O)NC)c1)NCC(c1cccc(F)c1)N(C)C.I. The van der Waals surface area contributed by atoms with Crippen LogP contribution >= 0.6 is 24.0 Å². The molecule has 2 aromatic carbocycles. The highest BCUT2D eigenvalue weighted by atomic mass is 127. The quantitative estimate of drug-likeness (QED) is 0.281. The van der Waals surface area contributed by atoms with Crippen LogP contribution in [0.25, 0.3) is 0 Å². The van der Waals surface area contributed by atoms with E-state index >= 15 is 0 Å². The Bertz CT molecular complexity index is 844. The number of carbonyl (C=O) groups is 1. The predicted molar refractivity (Wildman–Crippen MR) is 131 cm³/mol. The first kappa shape index (κ1) is 25.8. The molecule has 0 aliphatic rings. The summed E-state index contributed by atoms with van der Waals surface area (Å²) in [5.74, 6) is 0.343. The zero-order valence-electron chi connectivity index (χ0n) is 17.9. The molecule has 2 rings (SSSR count). The van der Waals surface area contributed by atoms with Crippen LogP contribution in [0.1, 0.15) is 27.5 Å². The van der Waals surface area contributed by atoms with Crippen LogP contribution < -0.4 is 16.0 Å². The van der Waals surface area contributed by atoms with Crippen LogP contribution in [0, 0.1) is 5.82 Å². The molecule has 1 amide bonds. The summed E-state index contributed by atoms with van der Waals surface area (Å²) in [5.41, 5.74) is 2.63. The molecule has 2 aromatic rings. The number of benzene rings is 2. The minimum atomic E-state index is -0.240. The number of likely N-dealkylation sites (N-methyl/N-ethyl adjacent to an activating group) is 1. The van der Waals surface area contributed by atoms with Crippen molar-refractivity contribution < 1.29 is 9.18 Å². The maximum atomic E-state index is 13.6. The van der Waals surface area contributed by atoms with Gasteiger partial charge in [-0.25, -0.2) is 4.39 Å². The van der Waals surface area contributed by atoms with Gasteiger partial charge in [0.15, 0.2) is 5.96 Å². The molecule has 0 fully saturated rings. The zero-order chi connectivity index (χ0) is 21.2. The van der Waals surface area contributed by atoms with Crippen LogP contribution in [-0.4, -0.2) is 58.0 Å². The number of nitrogens with zero attached hydrogens (tertiary/aromatic N) is 2. The standard InChI is InChI=1S/C22H30FN5O.HI/c1-24-21(29)18-9-5-7-16(13-18)11-12-26-22(25-2)27-15-20(28(3)4)17-8-6-10-19(23)14-17;/h5-10,13-14,20H,11-12,15H2,1-4H3,(H,24,29)(H2,25,26,27);1H. The third-order valence-electron chi connectivity index (χ3n) is 4.67. The summed E-state index contributed by atoms with van der Waals surface area (Å²) in [6.45, 7) is 1.26. The zero-order valence-corrected chi connectivity index (χ0v) is 20.2. The van der Waals surface area contributed by atoms with Gasteiger partial charge in [-0.15, -0.1) is 24.0 Å². The predicted octanol–water partition coefficient (Wildman–Crippen LogP) is 2.81. The molecular weight excluding hydrogens is 496 g/mol. The molecule has 0 heterocycles.